The largest absolute Gasteiger partial charge is 0.464 e. The molecule has 1 rings (SSSR count). The predicted octanol–water partition coefficient (Wildman–Crippen LogP) is 1.83. The van der Waals surface area contributed by atoms with Gasteiger partial charge < -0.3 is 4.74 Å². The molecule has 0 unspecified atom stereocenters. The van der Waals surface area contributed by atoms with Crippen molar-refractivity contribution in [1.82, 2.24) is 5.73 Å². The van der Waals surface area contributed by atoms with E-state index in [0.717, 1.165) is 5.56 Å². The molecule has 3 nitrogen and oxygen atoms in total. The maximum absolute atomic E-state index is 11.2. The lowest BCUT2D eigenvalue weighted by molar-refractivity contribution is -0.149. The summed E-state index contributed by atoms with van der Waals surface area (Å²) in [5.74, 6) is -0.474. The second-order valence-corrected chi connectivity index (χ2v) is 4.00. The van der Waals surface area contributed by atoms with E-state index in [2.05, 4.69) is 0 Å². The Bertz CT molecular complexity index is 314. The van der Waals surface area contributed by atoms with Crippen LogP contribution in [-0.2, 0) is 16.0 Å². The van der Waals surface area contributed by atoms with Gasteiger partial charge in [-0.15, -0.1) is 0 Å². The van der Waals surface area contributed by atoms with Crippen molar-refractivity contribution in [3.8, 4) is 0 Å². The van der Waals surface area contributed by atoms with Gasteiger partial charge in [0.1, 0.15) is 5.54 Å². The molecule has 0 saturated heterocycles. The van der Waals surface area contributed by atoms with Crippen molar-refractivity contribution < 1.29 is 9.53 Å². The van der Waals surface area contributed by atoms with E-state index in [1.807, 2.05) is 30.3 Å². The third-order valence-electron chi connectivity index (χ3n) is 1.98. The van der Waals surface area contributed by atoms with Crippen molar-refractivity contribution in [2.45, 2.75) is 25.8 Å². The van der Waals surface area contributed by atoms with Gasteiger partial charge in [0.15, 0.2) is 0 Å². The number of carbonyl (C=O) groups excluding carboxylic acids is 1. The molecular formula is C12H16NO2. The lowest BCUT2D eigenvalue weighted by Crippen LogP contribution is -2.35. The highest BCUT2D eigenvalue weighted by Crippen LogP contribution is 2.04. The number of benzene rings is 1. The fourth-order valence-electron chi connectivity index (χ4n) is 1.09. The topological polar surface area (TPSA) is 50.1 Å². The van der Waals surface area contributed by atoms with Gasteiger partial charge in [0, 0.05) is 6.42 Å². The third kappa shape index (κ3) is 4.13. The molecule has 3 heteroatoms. The summed E-state index contributed by atoms with van der Waals surface area (Å²) in [6.45, 7) is 3.39. The van der Waals surface area contributed by atoms with E-state index in [9.17, 15) is 4.79 Å². The molecule has 1 aromatic carbocycles. The summed E-state index contributed by atoms with van der Waals surface area (Å²) in [5, 5.41) is 0. The first kappa shape index (κ1) is 11.7. The summed E-state index contributed by atoms with van der Waals surface area (Å²) in [5.41, 5.74) is 7.42. The zero-order valence-electron chi connectivity index (χ0n) is 9.12. The van der Waals surface area contributed by atoms with Crippen LogP contribution >= 0.6 is 0 Å². The van der Waals surface area contributed by atoms with E-state index in [0.29, 0.717) is 13.0 Å². The Kier molecular flexibility index (Phi) is 3.86. The van der Waals surface area contributed by atoms with Crippen molar-refractivity contribution in [3.63, 3.8) is 0 Å². The molecular weight excluding hydrogens is 190 g/mol. The van der Waals surface area contributed by atoms with Crippen molar-refractivity contribution in [2.24, 2.45) is 0 Å². The average molecular weight is 206 g/mol. The molecule has 0 spiro atoms. The molecule has 1 radical (unpaired) electrons. The van der Waals surface area contributed by atoms with E-state index in [-0.39, 0.29) is 0 Å². The van der Waals surface area contributed by atoms with Crippen LogP contribution in [0.25, 0.3) is 0 Å². The number of ether oxygens (including phenoxy) is 1. The fraction of sp³-hybridized carbons (Fsp3) is 0.417. The van der Waals surface area contributed by atoms with Crippen LogP contribution in [0.5, 0.6) is 0 Å². The fourth-order valence-corrected chi connectivity index (χ4v) is 1.09. The molecule has 0 heterocycles. The molecule has 0 aromatic heterocycles. The van der Waals surface area contributed by atoms with Crippen LogP contribution in [0.3, 0.4) is 0 Å². The lowest BCUT2D eigenvalue weighted by Gasteiger charge is -2.15. The van der Waals surface area contributed by atoms with Gasteiger partial charge in [0.25, 0.3) is 0 Å². The molecule has 0 atom stereocenters. The molecule has 1 aromatic rings. The second-order valence-electron chi connectivity index (χ2n) is 4.00. The molecule has 0 aliphatic carbocycles. The quantitative estimate of drug-likeness (QED) is 0.706. The van der Waals surface area contributed by atoms with Gasteiger partial charge in [-0.3, -0.25) is 4.79 Å². The second kappa shape index (κ2) is 4.94. The SMILES string of the molecule is CC(C)([NH])C(=O)OCCc1ccccc1. The standard InChI is InChI=1S/C12H16NO2/c1-12(2,13)11(14)15-9-8-10-6-4-3-5-7-10/h3-7,13H,8-9H2,1-2H3. The smallest absolute Gasteiger partial charge is 0.327 e. The molecule has 0 aliphatic rings. The Morgan fingerprint density at radius 1 is 1.33 bits per heavy atom. The highest BCUT2D eigenvalue weighted by Gasteiger charge is 2.24. The van der Waals surface area contributed by atoms with Crippen LogP contribution in [0.15, 0.2) is 30.3 Å². The summed E-state index contributed by atoms with van der Waals surface area (Å²) >= 11 is 0. The van der Waals surface area contributed by atoms with Gasteiger partial charge in [-0.25, -0.2) is 5.73 Å². The molecule has 15 heavy (non-hydrogen) atoms. The maximum Gasteiger partial charge on any atom is 0.327 e. The van der Waals surface area contributed by atoms with Crippen LogP contribution in [0.4, 0.5) is 0 Å². The van der Waals surface area contributed by atoms with Gasteiger partial charge in [-0.1, -0.05) is 30.3 Å². The lowest BCUT2D eigenvalue weighted by atomic mass is 10.1. The number of hydrogen-bond donors (Lipinski definition) is 0. The minimum Gasteiger partial charge on any atom is -0.464 e. The number of carbonyl (C=O) groups is 1. The summed E-state index contributed by atoms with van der Waals surface area (Å²) in [6, 6.07) is 9.82. The molecule has 0 bridgehead atoms. The van der Waals surface area contributed by atoms with Gasteiger partial charge in [-0.2, -0.15) is 0 Å². The molecule has 1 N–H and O–H groups in total. The van der Waals surface area contributed by atoms with Crippen LogP contribution in [0.2, 0.25) is 0 Å². The van der Waals surface area contributed by atoms with Crippen LogP contribution in [0.1, 0.15) is 19.4 Å². The highest BCUT2D eigenvalue weighted by atomic mass is 16.5. The van der Waals surface area contributed by atoms with E-state index >= 15 is 0 Å². The first-order valence-electron chi connectivity index (χ1n) is 4.96. The molecule has 0 amide bonds. The Labute approximate surface area is 90.2 Å². The maximum atomic E-state index is 11.2. The molecule has 0 aliphatic heterocycles. The molecule has 0 fully saturated rings. The Morgan fingerprint density at radius 2 is 1.93 bits per heavy atom. The normalized spacial score (nSPS) is 11.1. The minimum absolute atomic E-state index is 0.338. The summed E-state index contributed by atoms with van der Waals surface area (Å²) in [4.78, 5) is 11.2. The average Bonchev–Trinajstić information content (AvgIpc) is 2.18. The highest BCUT2D eigenvalue weighted by molar-refractivity contribution is 5.79. The van der Waals surface area contributed by atoms with Crippen LogP contribution in [0, 0.1) is 0 Å². The predicted molar refractivity (Wildman–Crippen MR) is 58.3 cm³/mol. The third-order valence-corrected chi connectivity index (χ3v) is 1.98. The van der Waals surface area contributed by atoms with Gasteiger partial charge >= 0.3 is 5.97 Å². The van der Waals surface area contributed by atoms with Crippen LogP contribution in [-0.4, -0.2) is 18.1 Å². The minimum atomic E-state index is -1.16. The van der Waals surface area contributed by atoms with E-state index in [1.54, 1.807) is 0 Å². The first-order valence-corrected chi connectivity index (χ1v) is 4.96. The number of esters is 1. The molecule has 81 valence electrons. The van der Waals surface area contributed by atoms with Gasteiger partial charge in [0.2, 0.25) is 0 Å². The van der Waals surface area contributed by atoms with Gasteiger partial charge in [0.05, 0.1) is 6.61 Å². The number of rotatable bonds is 4. The summed E-state index contributed by atoms with van der Waals surface area (Å²) in [7, 11) is 0. The summed E-state index contributed by atoms with van der Waals surface area (Å²) < 4.78 is 4.98. The van der Waals surface area contributed by atoms with Crippen molar-refractivity contribution in [1.29, 1.82) is 0 Å². The Morgan fingerprint density at radius 3 is 2.47 bits per heavy atom. The van der Waals surface area contributed by atoms with E-state index < -0.39 is 11.5 Å². The zero-order chi connectivity index (χ0) is 11.3. The van der Waals surface area contributed by atoms with Crippen molar-refractivity contribution >= 4 is 5.97 Å². The Hall–Kier alpha value is -1.35. The Balaban J connectivity index is 2.32. The summed E-state index contributed by atoms with van der Waals surface area (Å²) in [6.07, 6.45) is 0.697. The van der Waals surface area contributed by atoms with E-state index in [1.165, 1.54) is 13.8 Å². The molecule has 0 saturated carbocycles. The first-order chi connectivity index (χ1) is 7.00. The zero-order valence-corrected chi connectivity index (χ0v) is 9.12. The number of hydrogen-bond acceptors (Lipinski definition) is 2. The van der Waals surface area contributed by atoms with Crippen molar-refractivity contribution in [2.75, 3.05) is 6.61 Å². The van der Waals surface area contributed by atoms with Crippen LogP contribution < -0.4 is 5.73 Å². The number of nitrogens with one attached hydrogen (secondary N) is 1. The van der Waals surface area contributed by atoms with Gasteiger partial charge in [-0.05, 0) is 19.4 Å². The van der Waals surface area contributed by atoms with Crippen molar-refractivity contribution in [3.05, 3.63) is 35.9 Å². The van der Waals surface area contributed by atoms with E-state index in [4.69, 9.17) is 10.5 Å². The monoisotopic (exact) mass is 206 g/mol.